The van der Waals surface area contributed by atoms with E-state index in [0.717, 1.165) is 43.2 Å². The lowest BCUT2D eigenvalue weighted by Crippen LogP contribution is -2.47. The number of amides is 1. The minimum atomic E-state index is -0.696. The molecule has 2 fully saturated rings. The molecule has 5 heteroatoms. The van der Waals surface area contributed by atoms with Crippen LogP contribution in [0.15, 0.2) is 24.3 Å². The lowest BCUT2D eigenvalue weighted by atomic mass is 9.78. The fraction of sp³-hybridized carbons (Fsp3) is 0.696. The van der Waals surface area contributed by atoms with E-state index in [-0.39, 0.29) is 5.91 Å². The minimum Gasteiger partial charge on any atom is -0.492 e. The van der Waals surface area contributed by atoms with E-state index in [9.17, 15) is 4.79 Å². The van der Waals surface area contributed by atoms with Crippen LogP contribution in [0.2, 0.25) is 0 Å². The monoisotopic (exact) mass is 388 g/mol. The maximum atomic E-state index is 12.9. The molecule has 28 heavy (non-hydrogen) atoms. The SMILES string of the molecule is CO[C@]1(C(=O)Nc2ccc(OCCN3CCC[C@H](C)C3)cc2)CCC[C@@H](C)C1. The van der Waals surface area contributed by atoms with E-state index < -0.39 is 5.60 Å². The van der Waals surface area contributed by atoms with Crippen molar-refractivity contribution in [1.29, 1.82) is 0 Å². The van der Waals surface area contributed by atoms with Crippen molar-refractivity contribution < 1.29 is 14.3 Å². The summed E-state index contributed by atoms with van der Waals surface area (Å²) in [5.74, 6) is 2.11. The third-order valence-electron chi connectivity index (χ3n) is 6.29. The van der Waals surface area contributed by atoms with Gasteiger partial charge >= 0.3 is 0 Å². The van der Waals surface area contributed by atoms with Crippen LogP contribution in [0.25, 0.3) is 0 Å². The number of carbonyl (C=O) groups is 1. The van der Waals surface area contributed by atoms with Crippen LogP contribution in [0.1, 0.15) is 52.4 Å². The summed E-state index contributed by atoms with van der Waals surface area (Å²) in [6.45, 7) is 8.53. The van der Waals surface area contributed by atoms with Crippen LogP contribution >= 0.6 is 0 Å². The number of carbonyl (C=O) groups excluding carboxylic acids is 1. The van der Waals surface area contributed by atoms with Gasteiger partial charge in [0.25, 0.3) is 5.91 Å². The van der Waals surface area contributed by atoms with Gasteiger partial charge in [-0.3, -0.25) is 9.69 Å². The maximum absolute atomic E-state index is 12.9. The van der Waals surface area contributed by atoms with Gasteiger partial charge in [0.05, 0.1) is 0 Å². The third-order valence-corrected chi connectivity index (χ3v) is 6.29. The first-order valence-electron chi connectivity index (χ1n) is 10.8. The highest BCUT2D eigenvalue weighted by Gasteiger charge is 2.41. The molecule has 2 aliphatic rings. The molecular formula is C23H36N2O3. The molecule has 1 heterocycles. The summed E-state index contributed by atoms with van der Waals surface area (Å²) in [4.78, 5) is 15.3. The standard InChI is InChI=1S/C23H36N2O3/c1-18-6-4-12-23(16-18,27-3)22(26)24-20-8-10-21(11-9-20)28-15-14-25-13-5-7-19(2)17-25/h8-11,18-19H,4-7,12-17H2,1-3H3,(H,24,26)/t18-,19+,23-/m1/s1. The summed E-state index contributed by atoms with van der Waals surface area (Å²) in [5.41, 5.74) is 0.0927. The molecule has 0 aromatic heterocycles. The number of likely N-dealkylation sites (tertiary alicyclic amines) is 1. The average molecular weight is 389 g/mol. The Morgan fingerprint density at radius 2 is 1.93 bits per heavy atom. The van der Waals surface area contributed by atoms with Gasteiger partial charge in [-0.15, -0.1) is 0 Å². The third kappa shape index (κ3) is 5.48. The number of benzene rings is 1. The molecule has 1 saturated carbocycles. The number of ether oxygens (including phenoxy) is 2. The Morgan fingerprint density at radius 3 is 2.61 bits per heavy atom. The summed E-state index contributed by atoms with van der Waals surface area (Å²) in [6, 6.07) is 7.67. The molecule has 3 atom stereocenters. The highest BCUT2D eigenvalue weighted by atomic mass is 16.5. The molecule has 0 spiro atoms. The molecular weight excluding hydrogens is 352 g/mol. The fourth-order valence-corrected chi connectivity index (χ4v) is 4.65. The van der Waals surface area contributed by atoms with Gasteiger partial charge in [-0.1, -0.05) is 20.3 Å². The van der Waals surface area contributed by atoms with Crippen LogP contribution in [0, 0.1) is 11.8 Å². The first-order valence-corrected chi connectivity index (χ1v) is 10.8. The van der Waals surface area contributed by atoms with E-state index in [4.69, 9.17) is 9.47 Å². The van der Waals surface area contributed by atoms with Gasteiger partial charge in [0.1, 0.15) is 18.0 Å². The molecule has 1 amide bonds. The average Bonchev–Trinajstić information content (AvgIpc) is 2.69. The fourth-order valence-electron chi connectivity index (χ4n) is 4.65. The van der Waals surface area contributed by atoms with Crippen LogP contribution in [-0.4, -0.2) is 49.8 Å². The smallest absolute Gasteiger partial charge is 0.256 e. The second-order valence-electron chi connectivity index (χ2n) is 8.77. The van der Waals surface area contributed by atoms with Gasteiger partial charge in [-0.25, -0.2) is 0 Å². The quantitative estimate of drug-likeness (QED) is 0.755. The summed E-state index contributed by atoms with van der Waals surface area (Å²) in [5, 5.41) is 3.04. The minimum absolute atomic E-state index is 0.0329. The Labute approximate surface area is 169 Å². The molecule has 1 aliphatic heterocycles. The highest BCUT2D eigenvalue weighted by Crippen LogP contribution is 2.35. The Hall–Kier alpha value is -1.59. The molecule has 1 saturated heterocycles. The van der Waals surface area contributed by atoms with Crippen molar-refractivity contribution in [2.24, 2.45) is 11.8 Å². The molecule has 1 aromatic carbocycles. The van der Waals surface area contributed by atoms with Crippen molar-refractivity contribution in [3.8, 4) is 5.75 Å². The zero-order valence-corrected chi connectivity index (χ0v) is 17.7. The van der Waals surface area contributed by atoms with Crippen molar-refractivity contribution >= 4 is 11.6 Å². The van der Waals surface area contributed by atoms with Crippen LogP contribution in [0.3, 0.4) is 0 Å². The number of nitrogens with one attached hydrogen (secondary N) is 1. The summed E-state index contributed by atoms with van der Waals surface area (Å²) in [7, 11) is 1.65. The number of nitrogens with zero attached hydrogens (tertiary/aromatic N) is 1. The molecule has 1 aromatic rings. The normalized spacial score (nSPS) is 28.7. The lowest BCUT2D eigenvalue weighted by Gasteiger charge is -2.37. The predicted molar refractivity (Wildman–Crippen MR) is 113 cm³/mol. The van der Waals surface area contributed by atoms with Crippen LogP contribution in [0.4, 0.5) is 5.69 Å². The van der Waals surface area contributed by atoms with Crippen LogP contribution in [-0.2, 0) is 9.53 Å². The highest BCUT2D eigenvalue weighted by molar-refractivity contribution is 5.97. The number of anilines is 1. The molecule has 1 N–H and O–H groups in total. The van der Waals surface area contributed by atoms with Gasteiger partial charge in [0.2, 0.25) is 0 Å². The predicted octanol–water partition coefficient (Wildman–Crippen LogP) is 4.33. The number of hydrogen-bond donors (Lipinski definition) is 1. The number of methoxy groups -OCH3 is 1. The van der Waals surface area contributed by atoms with Gasteiger partial charge in [0, 0.05) is 25.9 Å². The first-order chi connectivity index (χ1) is 13.5. The molecule has 0 bridgehead atoms. The van der Waals surface area contributed by atoms with Gasteiger partial charge in [0.15, 0.2) is 0 Å². The zero-order valence-electron chi connectivity index (χ0n) is 17.7. The molecule has 0 unspecified atom stereocenters. The first kappa shape index (κ1) is 21.1. The maximum Gasteiger partial charge on any atom is 0.256 e. The molecule has 156 valence electrons. The van der Waals surface area contributed by atoms with E-state index in [1.165, 1.54) is 32.4 Å². The van der Waals surface area contributed by atoms with Gasteiger partial charge in [-0.2, -0.15) is 0 Å². The number of rotatable bonds is 7. The molecule has 0 radical (unpaired) electrons. The van der Waals surface area contributed by atoms with Crippen molar-refractivity contribution in [2.75, 3.05) is 38.7 Å². The number of hydrogen-bond acceptors (Lipinski definition) is 4. The van der Waals surface area contributed by atoms with Gasteiger partial charge in [-0.05, 0) is 74.8 Å². The Bertz CT molecular complexity index is 633. The summed E-state index contributed by atoms with van der Waals surface area (Å²) in [6.07, 6.45) is 6.40. The largest absolute Gasteiger partial charge is 0.492 e. The zero-order chi connectivity index (χ0) is 20.0. The van der Waals surface area contributed by atoms with Crippen molar-refractivity contribution in [3.63, 3.8) is 0 Å². The molecule has 1 aliphatic carbocycles. The van der Waals surface area contributed by atoms with Crippen LogP contribution in [0.5, 0.6) is 5.75 Å². The second-order valence-corrected chi connectivity index (χ2v) is 8.77. The second kappa shape index (κ2) is 9.75. The van der Waals surface area contributed by atoms with E-state index >= 15 is 0 Å². The van der Waals surface area contributed by atoms with Gasteiger partial charge < -0.3 is 14.8 Å². The lowest BCUT2D eigenvalue weighted by molar-refractivity contribution is -0.143. The summed E-state index contributed by atoms with van der Waals surface area (Å²) >= 11 is 0. The van der Waals surface area contributed by atoms with E-state index in [1.807, 2.05) is 24.3 Å². The Balaban J connectivity index is 1.48. The number of piperidine rings is 1. The Kier molecular flexibility index (Phi) is 7.36. The van der Waals surface area contributed by atoms with E-state index in [1.54, 1.807) is 7.11 Å². The van der Waals surface area contributed by atoms with Crippen molar-refractivity contribution in [3.05, 3.63) is 24.3 Å². The van der Waals surface area contributed by atoms with E-state index in [2.05, 4.69) is 24.1 Å². The van der Waals surface area contributed by atoms with Crippen molar-refractivity contribution in [2.45, 2.75) is 58.0 Å². The van der Waals surface area contributed by atoms with Crippen molar-refractivity contribution in [1.82, 2.24) is 4.90 Å². The van der Waals surface area contributed by atoms with E-state index in [0.29, 0.717) is 12.5 Å². The molecule has 3 rings (SSSR count). The van der Waals surface area contributed by atoms with Crippen LogP contribution < -0.4 is 10.1 Å². The summed E-state index contributed by atoms with van der Waals surface area (Å²) < 4.78 is 11.6. The molecule has 5 nitrogen and oxygen atoms in total. The Morgan fingerprint density at radius 1 is 1.18 bits per heavy atom. The topological polar surface area (TPSA) is 50.8 Å².